The van der Waals surface area contributed by atoms with Crippen molar-refractivity contribution in [2.75, 3.05) is 39.8 Å². The van der Waals surface area contributed by atoms with Crippen molar-refractivity contribution < 1.29 is 0 Å². The van der Waals surface area contributed by atoms with Gasteiger partial charge in [0.1, 0.15) is 0 Å². The van der Waals surface area contributed by atoms with Crippen LogP contribution in [0.25, 0.3) is 0 Å². The van der Waals surface area contributed by atoms with Crippen molar-refractivity contribution in [1.29, 1.82) is 0 Å². The van der Waals surface area contributed by atoms with Gasteiger partial charge < -0.3 is 15.5 Å². The molecular weight excluding hydrogens is 150 g/mol. The first-order chi connectivity index (χ1) is 5.83. The number of hydrogen-bond acceptors (Lipinski definition) is 3. The zero-order chi connectivity index (χ0) is 8.81. The molecule has 0 saturated carbocycles. The van der Waals surface area contributed by atoms with E-state index < -0.39 is 0 Å². The van der Waals surface area contributed by atoms with Gasteiger partial charge in [0.05, 0.1) is 0 Å². The molecule has 0 radical (unpaired) electrons. The first-order valence-electron chi connectivity index (χ1n) is 4.93. The Morgan fingerprint density at radius 2 is 2.08 bits per heavy atom. The molecule has 2 N–H and O–H groups in total. The van der Waals surface area contributed by atoms with Crippen LogP contribution in [0, 0.1) is 0 Å². The molecule has 0 spiro atoms. The summed E-state index contributed by atoms with van der Waals surface area (Å²) in [6, 6.07) is 0.653. The third kappa shape index (κ3) is 3.52. The van der Waals surface area contributed by atoms with E-state index in [2.05, 4.69) is 22.5 Å². The van der Waals surface area contributed by atoms with Crippen LogP contribution in [-0.2, 0) is 0 Å². The molecule has 0 aromatic rings. The fraction of sp³-hybridized carbons (Fsp3) is 1.00. The standard InChI is InChI=1S/C9H21N3/c1-9(10-2)3-6-12-7-4-11-5-8-12/h9-11H,3-8H2,1-2H3. The van der Waals surface area contributed by atoms with Crippen molar-refractivity contribution in [2.24, 2.45) is 0 Å². The Bertz CT molecular complexity index is 110. The van der Waals surface area contributed by atoms with Crippen molar-refractivity contribution in [3.8, 4) is 0 Å². The van der Waals surface area contributed by atoms with Gasteiger partial charge in [-0.15, -0.1) is 0 Å². The third-order valence-corrected chi connectivity index (χ3v) is 2.58. The predicted octanol–water partition coefficient (Wildman–Crippen LogP) is -0.110. The molecule has 0 bridgehead atoms. The Kier molecular flexibility index (Phi) is 4.58. The number of piperazine rings is 1. The minimum atomic E-state index is 0.653. The van der Waals surface area contributed by atoms with Gasteiger partial charge in [0.25, 0.3) is 0 Å². The molecule has 1 atom stereocenters. The van der Waals surface area contributed by atoms with Crippen LogP contribution in [0.3, 0.4) is 0 Å². The molecule has 1 fully saturated rings. The fourth-order valence-electron chi connectivity index (χ4n) is 1.46. The van der Waals surface area contributed by atoms with E-state index >= 15 is 0 Å². The summed E-state index contributed by atoms with van der Waals surface area (Å²) in [5, 5.41) is 6.62. The zero-order valence-electron chi connectivity index (χ0n) is 8.27. The third-order valence-electron chi connectivity index (χ3n) is 2.58. The van der Waals surface area contributed by atoms with Crippen molar-refractivity contribution in [2.45, 2.75) is 19.4 Å². The Morgan fingerprint density at radius 1 is 1.42 bits per heavy atom. The van der Waals surface area contributed by atoms with Gasteiger partial charge in [-0.05, 0) is 26.9 Å². The van der Waals surface area contributed by atoms with E-state index in [9.17, 15) is 0 Å². The second-order valence-corrected chi connectivity index (χ2v) is 3.57. The van der Waals surface area contributed by atoms with E-state index in [1.165, 1.54) is 26.1 Å². The molecule has 3 nitrogen and oxygen atoms in total. The summed E-state index contributed by atoms with van der Waals surface area (Å²) in [5.41, 5.74) is 0. The minimum absolute atomic E-state index is 0.653. The highest BCUT2D eigenvalue weighted by atomic mass is 15.2. The lowest BCUT2D eigenvalue weighted by Gasteiger charge is -2.28. The molecule has 0 aromatic carbocycles. The number of rotatable bonds is 4. The summed E-state index contributed by atoms with van der Waals surface area (Å²) in [6.07, 6.45) is 1.26. The highest BCUT2D eigenvalue weighted by Crippen LogP contribution is 1.97. The number of hydrogen-bond donors (Lipinski definition) is 2. The van der Waals surface area contributed by atoms with Crippen LogP contribution in [0.1, 0.15) is 13.3 Å². The van der Waals surface area contributed by atoms with Crippen LogP contribution in [0.15, 0.2) is 0 Å². The van der Waals surface area contributed by atoms with E-state index in [0.717, 1.165) is 13.1 Å². The summed E-state index contributed by atoms with van der Waals surface area (Å²) >= 11 is 0. The van der Waals surface area contributed by atoms with Crippen LogP contribution in [-0.4, -0.2) is 50.7 Å². The molecule has 12 heavy (non-hydrogen) atoms. The summed E-state index contributed by atoms with van der Waals surface area (Å²) in [4.78, 5) is 2.53. The van der Waals surface area contributed by atoms with Crippen LogP contribution in [0.5, 0.6) is 0 Å². The maximum Gasteiger partial charge on any atom is 0.0107 e. The Morgan fingerprint density at radius 3 is 2.67 bits per heavy atom. The lowest BCUT2D eigenvalue weighted by molar-refractivity contribution is 0.231. The summed E-state index contributed by atoms with van der Waals surface area (Å²) in [6.45, 7) is 8.24. The van der Waals surface area contributed by atoms with Gasteiger partial charge in [0.15, 0.2) is 0 Å². The van der Waals surface area contributed by atoms with E-state index in [1.54, 1.807) is 0 Å². The van der Waals surface area contributed by atoms with Crippen LogP contribution >= 0.6 is 0 Å². The molecule has 1 aliphatic rings. The lowest BCUT2D eigenvalue weighted by Crippen LogP contribution is -2.44. The Balaban J connectivity index is 2.05. The van der Waals surface area contributed by atoms with Crippen LogP contribution in [0.4, 0.5) is 0 Å². The molecule has 0 amide bonds. The highest BCUT2D eigenvalue weighted by Gasteiger charge is 2.09. The van der Waals surface area contributed by atoms with Gasteiger partial charge >= 0.3 is 0 Å². The zero-order valence-corrected chi connectivity index (χ0v) is 8.27. The second kappa shape index (κ2) is 5.51. The average Bonchev–Trinajstić information content (AvgIpc) is 2.16. The first kappa shape index (κ1) is 9.96. The molecule has 3 heteroatoms. The van der Waals surface area contributed by atoms with Gasteiger partial charge in [-0.2, -0.15) is 0 Å². The van der Waals surface area contributed by atoms with Crippen molar-refractivity contribution >= 4 is 0 Å². The summed E-state index contributed by atoms with van der Waals surface area (Å²) in [5.74, 6) is 0. The van der Waals surface area contributed by atoms with E-state index in [1.807, 2.05) is 7.05 Å². The number of nitrogens with one attached hydrogen (secondary N) is 2. The fourth-order valence-corrected chi connectivity index (χ4v) is 1.46. The molecule has 1 rings (SSSR count). The summed E-state index contributed by atoms with van der Waals surface area (Å²) in [7, 11) is 2.03. The molecule has 72 valence electrons. The lowest BCUT2D eigenvalue weighted by atomic mass is 10.2. The SMILES string of the molecule is CNC(C)CCN1CCNCC1. The molecule has 1 heterocycles. The Hall–Kier alpha value is -0.120. The van der Waals surface area contributed by atoms with E-state index in [4.69, 9.17) is 0 Å². The maximum absolute atomic E-state index is 3.36. The van der Waals surface area contributed by atoms with Crippen molar-refractivity contribution in [3.63, 3.8) is 0 Å². The molecule has 0 aromatic heterocycles. The molecule has 1 aliphatic heterocycles. The molecule has 1 unspecified atom stereocenters. The van der Waals surface area contributed by atoms with Crippen molar-refractivity contribution in [1.82, 2.24) is 15.5 Å². The van der Waals surface area contributed by atoms with Gasteiger partial charge in [0, 0.05) is 32.2 Å². The maximum atomic E-state index is 3.36. The topological polar surface area (TPSA) is 27.3 Å². The highest BCUT2D eigenvalue weighted by molar-refractivity contribution is 4.69. The minimum Gasteiger partial charge on any atom is -0.317 e. The summed E-state index contributed by atoms with van der Waals surface area (Å²) < 4.78 is 0. The van der Waals surface area contributed by atoms with Crippen molar-refractivity contribution in [3.05, 3.63) is 0 Å². The normalized spacial score (nSPS) is 22.5. The first-order valence-corrected chi connectivity index (χ1v) is 4.93. The monoisotopic (exact) mass is 171 g/mol. The largest absolute Gasteiger partial charge is 0.317 e. The number of nitrogens with zero attached hydrogens (tertiary/aromatic N) is 1. The Labute approximate surface area is 75.5 Å². The molecular formula is C9H21N3. The van der Waals surface area contributed by atoms with E-state index in [0.29, 0.717) is 6.04 Å². The van der Waals surface area contributed by atoms with Gasteiger partial charge in [-0.3, -0.25) is 0 Å². The molecule has 1 saturated heterocycles. The van der Waals surface area contributed by atoms with Crippen LogP contribution in [0.2, 0.25) is 0 Å². The quantitative estimate of drug-likeness (QED) is 0.618. The predicted molar refractivity (Wildman–Crippen MR) is 52.4 cm³/mol. The van der Waals surface area contributed by atoms with Crippen LogP contribution < -0.4 is 10.6 Å². The van der Waals surface area contributed by atoms with Gasteiger partial charge in [-0.25, -0.2) is 0 Å². The molecule has 0 aliphatic carbocycles. The second-order valence-electron chi connectivity index (χ2n) is 3.57. The van der Waals surface area contributed by atoms with E-state index in [-0.39, 0.29) is 0 Å². The average molecular weight is 171 g/mol. The smallest absolute Gasteiger partial charge is 0.0107 e. The van der Waals surface area contributed by atoms with Gasteiger partial charge in [-0.1, -0.05) is 0 Å². The van der Waals surface area contributed by atoms with Gasteiger partial charge in [0.2, 0.25) is 0 Å².